The summed E-state index contributed by atoms with van der Waals surface area (Å²) in [4.78, 5) is 15.3. The summed E-state index contributed by atoms with van der Waals surface area (Å²) >= 11 is 3.50. The molecule has 1 aliphatic rings. The van der Waals surface area contributed by atoms with Gasteiger partial charge in [0.15, 0.2) is 0 Å². The molecule has 0 saturated heterocycles. The number of rotatable bonds is 5. The van der Waals surface area contributed by atoms with Crippen LogP contribution in [0, 0.1) is 0 Å². The fraction of sp³-hybridized carbons (Fsp3) is 0.733. The van der Waals surface area contributed by atoms with Crippen molar-refractivity contribution in [2.24, 2.45) is 0 Å². The largest absolute Gasteiger partial charge is 0.297 e. The first kappa shape index (κ1) is 15.7. The van der Waals surface area contributed by atoms with Gasteiger partial charge in [-0.1, -0.05) is 26.2 Å². The monoisotopic (exact) mass is 341 g/mol. The van der Waals surface area contributed by atoms with E-state index in [1.807, 2.05) is 18.8 Å². The number of hydrogen-bond acceptors (Lipinski definition) is 3. The minimum Gasteiger partial charge on any atom is -0.297 e. The Hall–Kier alpha value is -0.680. The highest BCUT2D eigenvalue weighted by Gasteiger charge is 2.43. The molecule has 0 atom stereocenters. The quantitative estimate of drug-likeness (QED) is 0.769. The number of nitrogens with zero attached hydrogens (tertiary/aromatic N) is 3. The zero-order valence-corrected chi connectivity index (χ0v) is 14.2. The van der Waals surface area contributed by atoms with Crippen LogP contribution < -0.4 is 0 Å². The maximum absolute atomic E-state index is 13.2. The summed E-state index contributed by atoms with van der Waals surface area (Å²) in [6, 6.07) is 0. The van der Waals surface area contributed by atoms with Crippen LogP contribution in [-0.2, 0) is 6.54 Å². The lowest BCUT2D eigenvalue weighted by Gasteiger charge is -2.41. The molecule has 0 N–H and O–H groups in total. The number of Topliss-reactive ketones (excluding diaryl/α,β-unsaturated/α-hetero) is 1. The Bertz CT molecular complexity index is 475. The molecule has 0 amide bonds. The highest BCUT2D eigenvalue weighted by molar-refractivity contribution is 9.10. The third-order valence-corrected chi connectivity index (χ3v) is 4.99. The molecule has 4 nitrogen and oxygen atoms in total. The molecule has 0 unspecified atom stereocenters. The number of likely N-dealkylation sites (N-methyl/N-ethyl adjacent to an activating group) is 1. The van der Waals surface area contributed by atoms with Gasteiger partial charge in [-0.2, -0.15) is 5.10 Å². The van der Waals surface area contributed by atoms with Crippen LogP contribution in [0.15, 0.2) is 10.7 Å². The summed E-state index contributed by atoms with van der Waals surface area (Å²) in [5.74, 6) is 0.222. The second-order valence-corrected chi connectivity index (χ2v) is 6.73. The normalized spacial score (nSPS) is 18.4. The SMILES string of the molecule is CCCn1ncc(Br)c1C(=O)C1(N(C)C)CCCCC1. The lowest BCUT2D eigenvalue weighted by Crippen LogP contribution is -2.53. The van der Waals surface area contributed by atoms with Gasteiger partial charge in [-0.05, 0) is 49.3 Å². The van der Waals surface area contributed by atoms with E-state index >= 15 is 0 Å². The maximum Gasteiger partial charge on any atom is 0.202 e. The fourth-order valence-electron chi connectivity index (χ4n) is 3.20. The molecule has 5 heteroatoms. The van der Waals surface area contributed by atoms with E-state index in [-0.39, 0.29) is 11.3 Å². The first-order chi connectivity index (χ1) is 9.53. The molecule has 1 fully saturated rings. The van der Waals surface area contributed by atoms with Crippen molar-refractivity contribution in [2.75, 3.05) is 14.1 Å². The Morgan fingerprint density at radius 2 is 2.05 bits per heavy atom. The van der Waals surface area contributed by atoms with Crippen LogP contribution in [0.25, 0.3) is 0 Å². The highest BCUT2D eigenvalue weighted by atomic mass is 79.9. The van der Waals surface area contributed by atoms with E-state index in [2.05, 4.69) is 32.9 Å². The van der Waals surface area contributed by atoms with Crippen molar-refractivity contribution in [3.05, 3.63) is 16.4 Å². The van der Waals surface area contributed by atoms with E-state index in [0.29, 0.717) is 0 Å². The predicted octanol–water partition coefficient (Wildman–Crippen LogP) is 3.50. The molecule has 20 heavy (non-hydrogen) atoms. The molecule has 0 aliphatic heterocycles. The second kappa shape index (κ2) is 6.39. The van der Waals surface area contributed by atoms with Crippen molar-refractivity contribution in [3.63, 3.8) is 0 Å². The highest BCUT2D eigenvalue weighted by Crippen LogP contribution is 2.36. The van der Waals surface area contributed by atoms with Crippen molar-refractivity contribution in [2.45, 2.75) is 57.5 Å². The van der Waals surface area contributed by atoms with Gasteiger partial charge in [-0.3, -0.25) is 14.4 Å². The summed E-state index contributed by atoms with van der Waals surface area (Å²) < 4.78 is 2.68. The van der Waals surface area contributed by atoms with E-state index < -0.39 is 0 Å². The lowest BCUT2D eigenvalue weighted by molar-refractivity contribution is 0.0551. The summed E-state index contributed by atoms with van der Waals surface area (Å²) in [6.07, 6.45) is 8.11. The van der Waals surface area contributed by atoms with Crippen LogP contribution in [-0.4, -0.2) is 40.1 Å². The van der Waals surface area contributed by atoms with E-state index in [1.54, 1.807) is 6.20 Å². The number of aryl methyl sites for hydroxylation is 1. The zero-order valence-electron chi connectivity index (χ0n) is 12.7. The summed E-state index contributed by atoms with van der Waals surface area (Å²) in [5.41, 5.74) is 0.384. The predicted molar refractivity (Wildman–Crippen MR) is 84.1 cm³/mol. The van der Waals surface area contributed by atoms with E-state index in [4.69, 9.17) is 0 Å². The molecule has 112 valence electrons. The zero-order chi connectivity index (χ0) is 14.8. The van der Waals surface area contributed by atoms with Crippen molar-refractivity contribution < 1.29 is 4.79 Å². The lowest BCUT2D eigenvalue weighted by atomic mass is 9.76. The van der Waals surface area contributed by atoms with Crippen LogP contribution in [0.4, 0.5) is 0 Å². The fourth-order valence-corrected chi connectivity index (χ4v) is 3.68. The van der Waals surface area contributed by atoms with Gasteiger partial charge in [0.1, 0.15) is 5.69 Å². The Morgan fingerprint density at radius 3 is 2.60 bits per heavy atom. The Kier molecular flexibility index (Phi) is 5.02. The number of carbonyl (C=O) groups excluding carboxylic acids is 1. The van der Waals surface area contributed by atoms with E-state index in [9.17, 15) is 4.79 Å². The molecule has 1 aromatic heterocycles. The van der Waals surface area contributed by atoms with Gasteiger partial charge in [0.2, 0.25) is 5.78 Å². The number of carbonyl (C=O) groups is 1. The standard InChI is InChI=1S/C15H24BrN3O/c1-4-10-19-13(12(16)11-17-19)14(20)15(18(2)3)8-6-5-7-9-15/h11H,4-10H2,1-3H3. The third-order valence-electron chi connectivity index (χ3n) is 4.40. The van der Waals surface area contributed by atoms with Crippen LogP contribution in [0.5, 0.6) is 0 Å². The average molecular weight is 342 g/mol. The minimum absolute atomic E-state index is 0.222. The van der Waals surface area contributed by atoms with Gasteiger partial charge in [0, 0.05) is 6.54 Å². The summed E-state index contributed by atoms with van der Waals surface area (Å²) in [5, 5.41) is 4.34. The Labute approximate surface area is 129 Å². The van der Waals surface area contributed by atoms with E-state index in [0.717, 1.165) is 48.8 Å². The number of hydrogen-bond donors (Lipinski definition) is 0. The second-order valence-electron chi connectivity index (χ2n) is 5.88. The first-order valence-corrected chi connectivity index (χ1v) is 8.26. The summed E-state index contributed by atoms with van der Waals surface area (Å²) in [7, 11) is 4.05. The number of aromatic nitrogens is 2. The van der Waals surface area contributed by atoms with Crippen molar-refractivity contribution in [1.29, 1.82) is 0 Å². The smallest absolute Gasteiger partial charge is 0.202 e. The molecule has 1 aromatic rings. The maximum atomic E-state index is 13.2. The number of halogens is 1. The molecular weight excluding hydrogens is 318 g/mol. The molecule has 2 rings (SSSR count). The molecule has 1 saturated carbocycles. The van der Waals surface area contributed by atoms with Crippen LogP contribution in [0.1, 0.15) is 55.9 Å². The summed E-state index contributed by atoms with van der Waals surface area (Å²) in [6.45, 7) is 2.89. The molecule has 1 aliphatic carbocycles. The van der Waals surface area contributed by atoms with Crippen LogP contribution in [0.3, 0.4) is 0 Å². The van der Waals surface area contributed by atoms with Gasteiger partial charge in [-0.25, -0.2) is 0 Å². The molecule has 0 aromatic carbocycles. The third kappa shape index (κ3) is 2.70. The van der Waals surface area contributed by atoms with E-state index in [1.165, 1.54) is 6.42 Å². The van der Waals surface area contributed by atoms with Crippen molar-refractivity contribution in [3.8, 4) is 0 Å². The molecule has 1 heterocycles. The molecule has 0 spiro atoms. The van der Waals surface area contributed by atoms with Gasteiger partial charge >= 0.3 is 0 Å². The van der Waals surface area contributed by atoms with Crippen molar-refractivity contribution in [1.82, 2.24) is 14.7 Å². The van der Waals surface area contributed by atoms with Gasteiger partial charge < -0.3 is 0 Å². The van der Waals surface area contributed by atoms with Gasteiger partial charge in [0.25, 0.3) is 0 Å². The molecular formula is C15H24BrN3O. The average Bonchev–Trinajstić information content (AvgIpc) is 2.80. The minimum atomic E-state index is -0.355. The van der Waals surface area contributed by atoms with Gasteiger partial charge in [0.05, 0.1) is 16.2 Å². The first-order valence-electron chi connectivity index (χ1n) is 7.46. The molecule has 0 bridgehead atoms. The molecule has 0 radical (unpaired) electrons. The Balaban J connectivity index is 2.40. The van der Waals surface area contributed by atoms with Gasteiger partial charge in [-0.15, -0.1) is 0 Å². The Morgan fingerprint density at radius 1 is 1.40 bits per heavy atom. The van der Waals surface area contributed by atoms with Crippen LogP contribution >= 0.6 is 15.9 Å². The topological polar surface area (TPSA) is 38.1 Å². The van der Waals surface area contributed by atoms with Crippen molar-refractivity contribution >= 4 is 21.7 Å². The van der Waals surface area contributed by atoms with Crippen LogP contribution in [0.2, 0.25) is 0 Å². The number of ketones is 1.